The van der Waals surface area contributed by atoms with Crippen LogP contribution in [0.25, 0.3) is 11.0 Å². The van der Waals surface area contributed by atoms with Crippen molar-refractivity contribution in [1.29, 1.82) is 0 Å². The van der Waals surface area contributed by atoms with Crippen molar-refractivity contribution in [3.63, 3.8) is 0 Å². The molecule has 1 aromatic carbocycles. The molecule has 3 heteroatoms. The summed E-state index contributed by atoms with van der Waals surface area (Å²) in [6, 6.07) is 8.94. The molecule has 0 amide bonds. The number of para-hydroxylation sites is 2. The Morgan fingerprint density at radius 1 is 1.41 bits per heavy atom. The number of benzene rings is 1. The fourth-order valence-corrected chi connectivity index (χ4v) is 2.77. The Balaban J connectivity index is 2.13. The summed E-state index contributed by atoms with van der Waals surface area (Å²) in [6.07, 6.45) is 3.56. The maximum atomic E-state index is 5.88. The molecule has 3 rings (SSSR count). The second kappa shape index (κ2) is 4.34. The van der Waals surface area contributed by atoms with Crippen molar-refractivity contribution < 1.29 is 0 Å². The van der Waals surface area contributed by atoms with Gasteiger partial charge in [0.1, 0.15) is 5.82 Å². The number of fused-ring (bicyclic) bond motifs is 1. The zero-order valence-electron chi connectivity index (χ0n) is 10.1. The minimum atomic E-state index is 0.556. The maximum Gasteiger partial charge on any atom is 0.111 e. The van der Waals surface area contributed by atoms with E-state index in [4.69, 9.17) is 16.6 Å². The molecule has 1 aliphatic carbocycles. The van der Waals surface area contributed by atoms with Crippen LogP contribution in [0.4, 0.5) is 0 Å². The molecule has 90 valence electrons. The van der Waals surface area contributed by atoms with Gasteiger partial charge in [-0.2, -0.15) is 0 Å². The summed E-state index contributed by atoms with van der Waals surface area (Å²) >= 11 is 5.88. The number of hydrogen-bond acceptors (Lipinski definition) is 1. The summed E-state index contributed by atoms with van der Waals surface area (Å²) in [5.41, 5.74) is 2.35. The van der Waals surface area contributed by atoms with E-state index in [0.717, 1.165) is 23.7 Å². The Labute approximate surface area is 107 Å². The van der Waals surface area contributed by atoms with Gasteiger partial charge in [-0.05, 0) is 37.8 Å². The van der Waals surface area contributed by atoms with Gasteiger partial charge in [0.15, 0.2) is 0 Å². The second-order valence-electron chi connectivity index (χ2n) is 4.90. The molecule has 1 heterocycles. The van der Waals surface area contributed by atoms with Gasteiger partial charge in [0.25, 0.3) is 0 Å². The molecule has 1 fully saturated rings. The molecule has 2 aromatic rings. The topological polar surface area (TPSA) is 17.8 Å². The Hall–Kier alpha value is -1.02. The van der Waals surface area contributed by atoms with Gasteiger partial charge in [0.05, 0.1) is 11.0 Å². The highest BCUT2D eigenvalue weighted by molar-refractivity contribution is 6.17. The number of rotatable bonds is 4. The van der Waals surface area contributed by atoms with E-state index in [1.165, 1.54) is 18.4 Å². The molecule has 17 heavy (non-hydrogen) atoms. The largest absolute Gasteiger partial charge is 0.325 e. The predicted molar refractivity (Wildman–Crippen MR) is 71.6 cm³/mol. The quantitative estimate of drug-likeness (QED) is 0.753. The van der Waals surface area contributed by atoms with Crippen molar-refractivity contribution in [2.24, 2.45) is 5.92 Å². The van der Waals surface area contributed by atoms with E-state index in [2.05, 4.69) is 29.7 Å². The van der Waals surface area contributed by atoms with Gasteiger partial charge in [-0.25, -0.2) is 4.98 Å². The number of alkyl halides is 1. The fraction of sp³-hybridized carbons (Fsp3) is 0.500. The van der Waals surface area contributed by atoms with Crippen LogP contribution in [0.5, 0.6) is 0 Å². The highest BCUT2D eigenvalue weighted by Gasteiger charge is 2.31. The van der Waals surface area contributed by atoms with Crippen LogP contribution in [0.15, 0.2) is 24.3 Å². The summed E-state index contributed by atoms with van der Waals surface area (Å²) in [5.74, 6) is 2.61. The SMILES string of the molecule is CC(C1CC1)n1c(CCCl)nc2ccccc21. The van der Waals surface area contributed by atoms with Crippen LogP contribution in [0.3, 0.4) is 0 Å². The monoisotopic (exact) mass is 248 g/mol. The zero-order chi connectivity index (χ0) is 11.8. The standard InChI is InChI=1S/C14H17ClN2/c1-10(11-6-7-11)17-13-5-3-2-4-12(13)16-14(17)8-9-15/h2-5,10-11H,6-9H2,1H3. The molecule has 1 aromatic heterocycles. The molecular formula is C14H17ClN2. The average molecular weight is 249 g/mol. The first-order valence-corrected chi connectivity index (χ1v) is 6.86. The van der Waals surface area contributed by atoms with Crippen LogP contribution in [0.1, 0.15) is 31.6 Å². The van der Waals surface area contributed by atoms with Gasteiger partial charge in [0, 0.05) is 18.3 Å². The molecule has 1 unspecified atom stereocenters. The van der Waals surface area contributed by atoms with Crippen LogP contribution in [-0.4, -0.2) is 15.4 Å². The smallest absolute Gasteiger partial charge is 0.111 e. The van der Waals surface area contributed by atoms with Crippen molar-refractivity contribution in [2.75, 3.05) is 5.88 Å². The first kappa shape index (κ1) is 11.1. The molecule has 0 spiro atoms. The van der Waals surface area contributed by atoms with E-state index in [1.54, 1.807) is 0 Å². The molecule has 1 atom stereocenters. The van der Waals surface area contributed by atoms with Crippen molar-refractivity contribution >= 4 is 22.6 Å². The number of hydrogen-bond donors (Lipinski definition) is 0. The van der Waals surface area contributed by atoms with Crippen LogP contribution in [0, 0.1) is 5.92 Å². The van der Waals surface area contributed by atoms with Crippen LogP contribution < -0.4 is 0 Å². The highest BCUT2D eigenvalue weighted by atomic mass is 35.5. The minimum Gasteiger partial charge on any atom is -0.325 e. The number of halogens is 1. The number of imidazole rings is 1. The fourth-order valence-electron chi connectivity index (χ4n) is 2.60. The molecule has 0 saturated heterocycles. The third-order valence-corrected chi connectivity index (χ3v) is 3.89. The molecule has 0 N–H and O–H groups in total. The van der Waals surface area contributed by atoms with Crippen LogP contribution >= 0.6 is 11.6 Å². The van der Waals surface area contributed by atoms with Crippen molar-refractivity contribution in [1.82, 2.24) is 9.55 Å². The normalized spacial score (nSPS) is 17.5. The van der Waals surface area contributed by atoms with Gasteiger partial charge in [-0.3, -0.25) is 0 Å². The summed E-state index contributed by atoms with van der Waals surface area (Å²) in [4.78, 5) is 4.71. The number of aromatic nitrogens is 2. The van der Waals surface area contributed by atoms with E-state index in [9.17, 15) is 0 Å². The first-order chi connectivity index (χ1) is 8.31. The third-order valence-electron chi connectivity index (χ3n) is 3.70. The molecule has 2 nitrogen and oxygen atoms in total. The Kier molecular flexibility index (Phi) is 2.83. The highest BCUT2D eigenvalue weighted by Crippen LogP contribution is 2.41. The summed E-state index contributed by atoms with van der Waals surface area (Å²) in [7, 11) is 0. The number of nitrogens with zero attached hydrogens (tertiary/aromatic N) is 2. The molecular weight excluding hydrogens is 232 g/mol. The van der Waals surface area contributed by atoms with E-state index < -0.39 is 0 Å². The average Bonchev–Trinajstić information content (AvgIpc) is 3.11. The Morgan fingerprint density at radius 3 is 2.88 bits per heavy atom. The van der Waals surface area contributed by atoms with Gasteiger partial charge >= 0.3 is 0 Å². The van der Waals surface area contributed by atoms with Crippen molar-refractivity contribution in [3.05, 3.63) is 30.1 Å². The summed E-state index contributed by atoms with van der Waals surface area (Å²) in [6.45, 7) is 2.31. The lowest BCUT2D eigenvalue weighted by Crippen LogP contribution is -2.11. The van der Waals surface area contributed by atoms with Gasteiger partial charge < -0.3 is 4.57 Å². The lowest BCUT2D eigenvalue weighted by atomic mass is 10.2. The lowest BCUT2D eigenvalue weighted by Gasteiger charge is -2.16. The van der Waals surface area contributed by atoms with Crippen molar-refractivity contribution in [2.45, 2.75) is 32.2 Å². The van der Waals surface area contributed by atoms with Gasteiger partial charge in [0.2, 0.25) is 0 Å². The summed E-state index contributed by atoms with van der Waals surface area (Å²) < 4.78 is 2.40. The lowest BCUT2D eigenvalue weighted by molar-refractivity contribution is 0.482. The third kappa shape index (κ3) is 1.95. The molecule has 1 saturated carbocycles. The molecule has 0 aliphatic heterocycles. The predicted octanol–water partition coefficient (Wildman–Crippen LogP) is 3.79. The minimum absolute atomic E-state index is 0.556. The molecule has 1 aliphatic rings. The van der Waals surface area contributed by atoms with E-state index in [1.807, 2.05) is 6.07 Å². The van der Waals surface area contributed by atoms with E-state index in [0.29, 0.717) is 11.9 Å². The van der Waals surface area contributed by atoms with Crippen molar-refractivity contribution in [3.8, 4) is 0 Å². The van der Waals surface area contributed by atoms with E-state index >= 15 is 0 Å². The second-order valence-corrected chi connectivity index (χ2v) is 5.28. The van der Waals surface area contributed by atoms with Crippen LogP contribution in [-0.2, 0) is 6.42 Å². The van der Waals surface area contributed by atoms with Crippen LogP contribution in [0.2, 0.25) is 0 Å². The summed E-state index contributed by atoms with van der Waals surface area (Å²) in [5, 5.41) is 0. The van der Waals surface area contributed by atoms with Gasteiger partial charge in [-0.1, -0.05) is 12.1 Å². The maximum absolute atomic E-state index is 5.88. The molecule has 0 radical (unpaired) electrons. The Bertz CT molecular complexity index is 528. The zero-order valence-corrected chi connectivity index (χ0v) is 10.8. The first-order valence-electron chi connectivity index (χ1n) is 6.33. The van der Waals surface area contributed by atoms with Gasteiger partial charge in [-0.15, -0.1) is 11.6 Å². The number of aryl methyl sites for hydroxylation is 1. The van der Waals surface area contributed by atoms with E-state index in [-0.39, 0.29) is 0 Å². The molecule has 0 bridgehead atoms. The Morgan fingerprint density at radius 2 is 2.18 bits per heavy atom.